The zero-order valence-corrected chi connectivity index (χ0v) is 12.3. The molecule has 2 unspecified atom stereocenters. The Morgan fingerprint density at radius 3 is 2.75 bits per heavy atom. The summed E-state index contributed by atoms with van der Waals surface area (Å²) in [7, 11) is 0. The minimum Gasteiger partial charge on any atom is -0.380 e. The van der Waals surface area contributed by atoms with Gasteiger partial charge in [-0.3, -0.25) is 10.1 Å². The van der Waals surface area contributed by atoms with E-state index < -0.39 is 0 Å². The summed E-state index contributed by atoms with van der Waals surface area (Å²) in [4.78, 5) is 14.2. The molecule has 1 aliphatic rings. The molecule has 2 atom stereocenters. The van der Waals surface area contributed by atoms with Gasteiger partial charge in [-0.15, -0.1) is 0 Å². The normalized spacial score (nSPS) is 22.5. The Hall–Kier alpha value is -1.39. The maximum absolute atomic E-state index is 12.3. The van der Waals surface area contributed by atoms with Gasteiger partial charge in [0.25, 0.3) is 0 Å². The number of hydrogen-bond acceptors (Lipinski definition) is 3. The van der Waals surface area contributed by atoms with Crippen LogP contribution in [0.4, 0.5) is 0 Å². The molecule has 1 saturated heterocycles. The molecule has 1 aromatic rings. The molecule has 0 aromatic heterocycles. The third kappa shape index (κ3) is 3.81. The van der Waals surface area contributed by atoms with Gasteiger partial charge >= 0.3 is 0 Å². The second-order valence-corrected chi connectivity index (χ2v) is 5.15. The number of benzene rings is 1. The van der Waals surface area contributed by atoms with Crippen LogP contribution in [0, 0.1) is 0 Å². The lowest BCUT2D eigenvalue weighted by molar-refractivity contribution is -0.130. The SMILES string of the molecule is CCOCCN1C(=O)C(CCc2ccccc2)NC1C. The first kappa shape index (κ1) is 15.0. The van der Waals surface area contributed by atoms with E-state index in [4.69, 9.17) is 4.74 Å². The van der Waals surface area contributed by atoms with Crippen molar-refractivity contribution < 1.29 is 9.53 Å². The fraction of sp³-hybridized carbons (Fsp3) is 0.562. The average molecular weight is 276 g/mol. The van der Waals surface area contributed by atoms with Crippen molar-refractivity contribution in [1.29, 1.82) is 0 Å². The van der Waals surface area contributed by atoms with Gasteiger partial charge in [0.1, 0.15) is 0 Å². The van der Waals surface area contributed by atoms with E-state index in [0.29, 0.717) is 19.8 Å². The lowest BCUT2D eigenvalue weighted by Crippen LogP contribution is -2.37. The quantitative estimate of drug-likeness (QED) is 0.772. The van der Waals surface area contributed by atoms with Gasteiger partial charge < -0.3 is 9.64 Å². The predicted octanol–water partition coefficient (Wildman–Crippen LogP) is 1.80. The molecule has 20 heavy (non-hydrogen) atoms. The highest BCUT2D eigenvalue weighted by Crippen LogP contribution is 2.15. The van der Waals surface area contributed by atoms with Crippen molar-refractivity contribution in [2.45, 2.75) is 38.9 Å². The molecule has 0 bridgehead atoms. The molecule has 1 heterocycles. The number of carbonyl (C=O) groups excluding carboxylic acids is 1. The highest BCUT2D eigenvalue weighted by Gasteiger charge is 2.35. The van der Waals surface area contributed by atoms with Crippen LogP contribution in [0.5, 0.6) is 0 Å². The van der Waals surface area contributed by atoms with Crippen LogP contribution < -0.4 is 5.32 Å². The van der Waals surface area contributed by atoms with Crippen LogP contribution in [0.15, 0.2) is 30.3 Å². The van der Waals surface area contributed by atoms with Crippen LogP contribution in [0.1, 0.15) is 25.8 Å². The Morgan fingerprint density at radius 1 is 1.30 bits per heavy atom. The second kappa shape index (κ2) is 7.41. The van der Waals surface area contributed by atoms with Crippen molar-refractivity contribution in [3.05, 3.63) is 35.9 Å². The van der Waals surface area contributed by atoms with E-state index >= 15 is 0 Å². The second-order valence-electron chi connectivity index (χ2n) is 5.15. The number of amides is 1. The summed E-state index contributed by atoms with van der Waals surface area (Å²) >= 11 is 0. The predicted molar refractivity (Wildman–Crippen MR) is 79.4 cm³/mol. The van der Waals surface area contributed by atoms with Gasteiger partial charge in [-0.1, -0.05) is 30.3 Å². The van der Waals surface area contributed by atoms with Crippen molar-refractivity contribution >= 4 is 5.91 Å². The summed E-state index contributed by atoms with van der Waals surface area (Å²) in [5.41, 5.74) is 1.28. The third-order valence-electron chi connectivity index (χ3n) is 3.74. The van der Waals surface area contributed by atoms with Crippen molar-refractivity contribution in [3.8, 4) is 0 Å². The Bertz CT molecular complexity index is 422. The molecule has 1 N–H and O–H groups in total. The molecule has 0 saturated carbocycles. The summed E-state index contributed by atoms with van der Waals surface area (Å²) in [6.45, 7) is 5.98. The third-order valence-corrected chi connectivity index (χ3v) is 3.74. The Kier molecular flexibility index (Phi) is 5.56. The topological polar surface area (TPSA) is 41.6 Å². The summed E-state index contributed by atoms with van der Waals surface area (Å²) in [6.07, 6.45) is 1.87. The van der Waals surface area contributed by atoms with Gasteiger partial charge in [-0.2, -0.15) is 0 Å². The molecular weight excluding hydrogens is 252 g/mol. The molecule has 4 nitrogen and oxygen atoms in total. The van der Waals surface area contributed by atoms with E-state index in [1.165, 1.54) is 5.56 Å². The van der Waals surface area contributed by atoms with Gasteiger partial charge in [-0.25, -0.2) is 0 Å². The summed E-state index contributed by atoms with van der Waals surface area (Å²) in [6, 6.07) is 10.2. The summed E-state index contributed by atoms with van der Waals surface area (Å²) in [5, 5.41) is 3.37. The van der Waals surface area contributed by atoms with Gasteiger partial charge in [0.15, 0.2) is 0 Å². The molecule has 1 aliphatic heterocycles. The first-order valence-corrected chi connectivity index (χ1v) is 7.40. The maximum Gasteiger partial charge on any atom is 0.241 e. The number of nitrogens with one attached hydrogen (secondary N) is 1. The monoisotopic (exact) mass is 276 g/mol. The van der Waals surface area contributed by atoms with E-state index in [1.54, 1.807) is 0 Å². The Balaban J connectivity index is 1.83. The van der Waals surface area contributed by atoms with Gasteiger partial charge in [0, 0.05) is 13.2 Å². The molecule has 0 aliphatic carbocycles. The number of carbonyl (C=O) groups is 1. The van der Waals surface area contributed by atoms with Gasteiger partial charge in [-0.05, 0) is 32.3 Å². The molecule has 1 fully saturated rings. The van der Waals surface area contributed by atoms with Gasteiger partial charge in [0.05, 0.1) is 18.8 Å². The van der Waals surface area contributed by atoms with Crippen LogP contribution in [0.25, 0.3) is 0 Å². The van der Waals surface area contributed by atoms with E-state index in [1.807, 2.05) is 36.9 Å². The van der Waals surface area contributed by atoms with Crippen LogP contribution in [0.2, 0.25) is 0 Å². The summed E-state index contributed by atoms with van der Waals surface area (Å²) < 4.78 is 5.33. The number of ether oxygens (including phenoxy) is 1. The summed E-state index contributed by atoms with van der Waals surface area (Å²) in [5.74, 6) is 0.202. The maximum atomic E-state index is 12.3. The molecule has 0 radical (unpaired) electrons. The van der Waals surface area contributed by atoms with Crippen molar-refractivity contribution in [2.75, 3.05) is 19.8 Å². The fourth-order valence-electron chi connectivity index (χ4n) is 2.62. The minimum atomic E-state index is -0.0631. The fourth-order valence-corrected chi connectivity index (χ4v) is 2.62. The van der Waals surface area contributed by atoms with Crippen LogP contribution >= 0.6 is 0 Å². The molecule has 0 spiro atoms. The number of hydrogen-bond donors (Lipinski definition) is 1. The highest BCUT2D eigenvalue weighted by molar-refractivity contribution is 5.84. The molecule has 2 rings (SSSR count). The molecule has 1 aromatic carbocycles. The number of nitrogens with zero attached hydrogens (tertiary/aromatic N) is 1. The molecular formula is C16H24N2O2. The van der Waals surface area contributed by atoms with Crippen LogP contribution in [-0.4, -0.2) is 42.8 Å². The standard InChI is InChI=1S/C16H24N2O2/c1-3-20-12-11-18-13(2)17-15(16(18)19)10-9-14-7-5-4-6-8-14/h4-8,13,15,17H,3,9-12H2,1-2H3. The first-order chi connectivity index (χ1) is 9.72. The van der Waals surface area contributed by atoms with E-state index in [9.17, 15) is 4.79 Å². The van der Waals surface area contributed by atoms with Crippen molar-refractivity contribution in [3.63, 3.8) is 0 Å². The highest BCUT2D eigenvalue weighted by atomic mass is 16.5. The van der Waals surface area contributed by atoms with Crippen LogP contribution in [0.3, 0.4) is 0 Å². The van der Waals surface area contributed by atoms with Crippen molar-refractivity contribution in [2.24, 2.45) is 0 Å². The van der Waals surface area contributed by atoms with E-state index in [0.717, 1.165) is 12.8 Å². The first-order valence-electron chi connectivity index (χ1n) is 7.40. The Morgan fingerprint density at radius 2 is 2.05 bits per heavy atom. The van der Waals surface area contributed by atoms with E-state index in [-0.39, 0.29) is 18.1 Å². The van der Waals surface area contributed by atoms with Gasteiger partial charge in [0.2, 0.25) is 5.91 Å². The Labute approximate surface area is 121 Å². The number of rotatable bonds is 7. The lowest BCUT2D eigenvalue weighted by atomic mass is 10.1. The minimum absolute atomic E-state index is 0.0631. The van der Waals surface area contributed by atoms with Crippen molar-refractivity contribution in [1.82, 2.24) is 10.2 Å². The zero-order valence-electron chi connectivity index (χ0n) is 12.3. The largest absolute Gasteiger partial charge is 0.380 e. The average Bonchev–Trinajstić information content (AvgIpc) is 2.74. The van der Waals surface area contributed by atoms with Crippen LogP contribution in [-0.2, 0) is 16.0 Å². The molecule has 4 heteroatoms. The molecule has 1 amide bonds. The number of aryl methyl sites for hydroxylation is 1. The smallest absolute Gasteiger partial charge is 0.241 e. The zero-order chi connectivity index (χ0) is 14.4. The molecule has 110 valence electrons. The lowest BCUT2D eigenvalue weighted by Gasteiger charge is -2.20. The van der Waals surface area contributed by atoms with E-state index in [2.05, 4.69) is 17.4 Å².